The molecule has 32 heavy (non-hydrogen) atoms. The molecule has 2 aliphatic heterocycles. The van der Waals surface area contributed by atoms with Gasteiger partial charge in [0, 0.05) is 32.6 Å². The number of hydrogen-bond donors (Lipinski definition) is 1. The minimum atomic E-state index is -1.23. The molecule has 1 aliphatic carbocycles. The summed E-state index contributed by atoms with van der Waals surface area (Å²) in [6.45, 7) is 6.78. The first kappa shape index (κ1) is 20.7. The maximum absolute atomic E-state index is 13.9. The van der Waals surface area contributed by atoms with Crippen LogP contribution in [-0.4, -0.2) is 55.0 Å². The van der Waals surface area contributed by atoms with E-state index < -0.39 is 11.7 Å². The Balaban J connectivity index is 1.65. The summed E-state index contributed by atoms with van der Waals surface area (Å²) >= 11 is 0. The fourth-order valence-corrected chi connectivity index (χ4v) is 5.09. The second-order valence-electron chi connectivity index (χ2n) is 9.02. The Hall–Kier alpha value is -3.19. The van der Waals surface area contributed by atoms with Gasteiger partial charge in [-0.15, -0.1) is 0 Å². The molecule has 0 bridgehead atoms. The minimum absolute atomic E-state index is 0.115. The highest BCUT2D eigenvalue weighted by Gasteiger charge is 2.61. The Labute approximate surface area is 188 Å². The molecule has 1 N–H and O–H groups in total. The van der Waals surface area contributed by atoms with E-state index in [9.17, 15) is 9.59 Å². The third kappa shape index (κ3) is 2.80. The van der Waals surface area contributed by atoms with Gasteiger partial charge in [-0.25, -0.2) is 4.79 Å². The van der Waals surface area contributed by atoms with Crippen LogP contribution in [0.15, 0.2) is 47.5 Å². The van der Waals surface area contributed by atoms with Crippen molar-refractivity contribution >= 4 is 29.1 Å². The molecule has 7 heteroatoms. The number of nitrogens with zero attached hydrogens (tertiary/aromatic N) is 4. The normalized spacial score (nSPS) is 26.7. The quantitative estimate of drug-likeness (QED) is 0.804. The molecule has 3 amide bonds. The second kappa shape index (κ2) is 7.17. The van der Waals surface area contributed by atoms with Crippen LogP contribution in [0, 0.1) is 13.8 Å². The van der Waals surface area contributed by atoms with Gasteiger partial charge < -0.3 is 9.80 Å². The number of fused-ring (bicyclic) bond motifs is 2. The van der Waals surface area contributed by atoms with Crippen molar-refractivity contribution in [2.24, 2.45) is 4.99 Å². The molecule has 1 fully saturated rings. The number of amidine groups is 1. The van der Waals surface area contributed by atoms with Gasteiger partial charge >= 0.3 is 6.03 Å². The maximum atomic E-state index is 13.9. The molecule has 1 unspecified atom stereocenters. The van der Waals surface area contributed by atoms with Crippen molar-refractivity contribution in [2.45, 2.75) is 44.8 Å². The number of hydrogen-bond acceptors (Lipinski definition) is 5. The molecule has 2 aromatic carbocycles. The van der Waals surface area contributed by atoms with E-state index in [-0.39, 0.29) is 11.9 Å². The number of likely N-dealkylation sites (N-methyl/N-ethyl adjacent to an activating group) is 3. The van der Waals surface area contributed by atoms with Crippen LogP contribution in [0.5, 0.6) is 0 Å². The lowest BCUT2D eigenvalue weighted by Crippen LogP contribution is -2.79. The molecule has 0 radical (unpaired) electrons. The van der Waals surface area contributed by atoms with Gasteiger partial charge in [0.2, 0.25) is 5.66 Å². The van der Waals surface area contributed by atoms with E-state index in [1.54, 1.807) is 0 Å². The Morgan fingerprint density at radius 3 is 2.34 bits per heavy atom. The second-order valence-corrected chi connectivity index (χ2v) is 9.02. The van der Waals surface area contributed by atoms with Crippen molar-refractivity contribution < 1.29 is 9.59 Å². The summed E-state index contributed by atoms with van der Waals surface area (Å²) in [5.41, 5.74) is 4.27. The molecule has 0 spiro atoms. The Kier molecular flexibility index (Phi) is 4.64. The van der Waals surface area contributed by atoms with Gasteiger partial charge in [-0.3, -0.25) is 15.0 Å². The summed E-state index contributed by atoms with van der Waals surface area (Å²) in [5.74, 6) is 0.485. The minimum Gasteiger partial charge on any atom is -0.338 e. The van der Waals surface area contributed by atoms with Crippen LogP contribution in [0.4, 0.5) is 16.2 Å². The van der Waals surface area contributed by atoms with E-state index in [4.69, 9.17) is 0 Å². The third-order valence-electron chi connectivity index (χ3n) is 7.12. The van der Waals surface area contributed by atoms with Crippen LogP contribution in [0.25, 0.3) is 0 Å². The van der Waals surface area contributed by atoms with E-state index in [0.29, 0.717) is 18.3 Å². The van der Waals surface area contributed by atoms with E-state index >= 15 is 0 Å². The molecular formula is C25H29N5O2. The fourth-order valence-electron chi connectivity index (χ4n) is 5.09. The number of carbonyl (C=O) groups is 2. The van der Waals surface area contributed by atoms with Gasteiger partial charge in [0.05, 0.1) is 11.4 Å². The van der Waals surface area contributed by atoms with Crippen LogP contribution in [0.3, 0.4) is 0 Å². The van der Waals surface area contributed by atoms with Crippen molar-refractivity contribution in [1.29, 1.82) is 0 Å². The van der Waals surface area contributed by atoms with E-state index in [2.05, 4.69) is 53.3 Å². The molecule has 5 rings (SSSR count). The van der Waals surface area contributed by atoms with E-state index in [0.717, 1.165) is 33.8 Å². The molecule has 2 aromatic rings. The average Bonchev–Trinajstić information content (AvgIpc) is 3.55. The topological polar surface area (TPSA) is 68.2 Å². The first-order chi connectivity index (χ1) is 15.3. The van der Waals surface area contributed by atoms with Crippen molar-refractivity contribution in [3.63, 3.8) is 0 Å². The van der Waals surface area contributed by atoms with Crippen LogP contribution in [0.1, 0.15) is 36.0 Å². The van der Waals surface area contributed by atoms with Crippen molar-refractivity contribution in [3.05, 3.63) is 59.2 Å². The summed E-state index contributed by atoms with van der Waals surface area (Å²) in [7, 11) is 3.41. The number of aryl methyl sites for hydroxylation is 2. The van der Waals surface area contributed by atoms with Crippen molar-refractivity contribution in [2.75, 3.05) is 30.4 Å². The number of anilines is 2. The highest BCUT2D eigenvalue weighted by atomic mass is 16.2. The molecule has 3 aliphatic rings. The summed E-state index contributed by atoms with van der Waals surface area (Å²) in [6, 6.07) is 14.2. The Bertz CT molecular complexity index is 1140. The number of aliphatic imine (C=N–C) groups is 1. The Morgan fingerprint density at radius 2 is 1.69 bits per heavy atom. The molecule has 0 saturated heterocycles. The number of amides is 3. The first-order valence-electron chi connectivity index (χ1n) is 11.2. The molecule has 2 heterocycles. The van der Waals surface area contributed by atoms with Crippen LogP contribution >= 0.6 is 0 Å². The summed E-state index contributed by atoms with van der Waals surface area (Å²) < 4.78 is 0. The van der Waals surface area contributed by atoms with Gasteiger partial charge in [0.25, 0.3) is 5.91 Å². The fraction of sp³-hybridized carbons (Fsp3) is 0.400. The van der Waals surface area contributed by atoms with Gasteiger partial charge in [-0.1, -0.05) is 30.3 Å². The van der Waals surface area contributed by atoms with Crippen LogP contribution < -0.4 is 15.1 Å². The molecule has 0 aromatic heterocycles. The average molecular weight is 432 g/mol. The predicted octanol–water partition coefficient (Wildman–Crippen LogP) is 3.41. The molecule has 1 saturated carbocycles. The number of benzene rings is 2. The lowest BCUT2D eigenvalue weighted by atomic mass is 9.93. The zero-order valence-corrected chi connectivity index (χ0v) is 19.2. The van der Waals surface area contributed by atoms with Gasteiger partial charge in [0.15, 0.2) is 5.84 Å². The van der Waals surface area contributed by atoms with Gasteiger partial charge in [-0.05, 0) is 56.0 Å². The SMILES string of the molecule is CCN1c2cc(C)c(C)cc2N(C)C2=NC(=O)N(C)C(=O)C21N[C@H]1C[C@@H]1c1ccccc1. The van der Waals surface area contributed by atoms with E-state index in [1.807, 2.05) is 37.1 Å². The lowest BCUT2D eigenvalue weighted by Gasteiger charge is -2.53. The number of imide groups is 1. The molecule has 3 atom stereocenters. The van der Waals surface area contributed by atoms with Crippen molar-refractivity contribution in [3.8, 4) is 0 Å². The number of carbonyl (C=O) groups excluding carboxylic acids is 2. The van der Waals surface area contributed by atoms with Gasteiger partial charge in [-0.2, -0.15) is 4.99 Å². The van der Waals surface area contributed by atoms with E-state index in [1.165, 1.54) is 12.6 Å². The zero-order chi connectivity index (χ0) is 22.8. The maximum Gasteiger partial charge on any atom is 0.351 e. The number of urea groups is 1. The number of nitrogens with one attached hydrogen (secondary N) is 1. The highest BCUT2D eigenvalue weighted by Crippen LogP contribution is 2.47. The van der Waals surface area contributed by atoms with Crippen molar-refractivity contribution in [1.82, 2.24) is 10.2 Å². The third-order valence-corrected chi connectivity index (χ3v) is 7.12. The highest BCUT2D eigenvalue weighted by molar-refractivity contribution is 6.30. The largest absolute Gasteiger partial charge is 0.351 e. The molecule has 166 valence electrons. The summed E-state index contributed by atoms with van der Waals surface area (Å²) in [4.78, 5) is 36.0. The molecular weight excluding hydrogens is 402 g/mol. The summed E-state index contributed by atoms with van der Waals surface area (Å²) in [5, 5.41) is 3.67. The summed E-state index contributed by atoms with van der Waals surface area (Å²) in [6.07, 6.45) is 0.936. The predicted molar refractivity (Wildman–Crippen MR) is 126 cm³/mol. The lowest BCUT2D eigenvalue weighted by molar-refractivity contribution is -0.132. The zero-order valence-electron chi connectivity index (χ0n) is 19.2. The van der Waals surface area contributed by atoms with Crippen LogP contribution in [-0.2, 0) is 4.79 Å². The molecule has 7 nitrogen and oxygen atoms in total. The standard InChI is InChI=1S/C25H29N5O2/c1-6-30-21-13-16(3)15(2)12-20(21)28(4)22-25(30,23(31)29(5)24(32)26-22)27-19-14-18(19)17-10-8-7-9-11-17/h7-13,18-19,27H,6,14H2,1-5H3/t18-,19+,25?/m1/s1. The van der Waals surface area contributed by atoms with Gasteiger partial charge in [0.1, 0.15) is 0 Å². The van der Waals surface area contributed by atoms with Crippen LogP contribution in [0.2, 0.25) is 0 Å². The number of rotatable bonds is 4. The monoisotopic (exact) mass is 431 g/mol. The first-order valence-corrected chi connectivity index (χ1v) is 11.2. The Morgan fingerprint density at radius 1 is 1.03 bits per heavy atom. The smallest absolute Gasteiger partial charge is 0.338 e.